The predicted molar refractivity (Wildman–Crippen MR) is 100 cm³/mol. The lowest BCUT2D eigenvalue weighted by molar-refractivity contribution is -0.145. The van der Waals surface area contributed by atoms with Crippen molar-refractivity contribution >= 4 is 38.2 Å². The molecule has 4 rings (SSSR count). The van der Waals surface area contributed by atoms with Gasteiger partial charge in [0.2, 0.25) is 0 Å². The second kappa shape index (κ2) is 6.61. The number of nitrogens with one attached hydrogen (secondary N) is 1. The van der Waals surface area contributed by atoms with Crippen molar-refractivity contribution in [1.82, 2.24) is 9.78 Å². The molecule has 0 bridgehead atoms. The van der Waals surface area contributed by atoms with Gasteiger partial charge in [0.15, 0.2) is 0 Å². The summed E-state index contributed by atoms with van der Waals surface area (Å²) in [6, 6.07) is 14.3. The molecular weight excluding hydrogens is 352 g/mol. The maximum atomic E-state index is 12.4. The van der Waals surface area contributed by atoms with Gasteiger partial charge in [-0.25, -0.2) is 4.68 Å². The van der Waals surface area contributed by atoms with Crippen LogP contribution in [0.1, 0.15) is 5.56 Å². The van der Waals surface area contributed by atoms with Crippen LogP contribution in [0.4, 0.5) is 0 Å². The summed E-state index contributed by atoms with van der Waals surface area (Å²) in [5.74, 6) is -0.590. The quantitative estimate of drug-likeness (QED) is 0.563. The van der Waals surface area contributed by atoms with Crippen LogP contribution in [0.5, 0.6) is 0 Å². The molecule has 0 radical (unpaired) electrons. The number of ether oxygens (including phenoxy) is 1. The zero-order valence-electron chi connectivity index (χ0n) is 13.6. The van der Waals surface area contributed by atoms with Gasteiger partial charge in [0.05, 0.1) is 10.8 Å². The number of esters is 1. The highest BCUT2D eigenvalue weighted by Gasteiger charge is 2.12. The fourth-order valence-corrected chi connectivity index (χ4v) is 3.78. The number of carbonyl (C=O) groups is 1. The van der Waals surface area contributed by atoms with Crippen LogP contribution < -0.4 is 11.1 Å². The highest BCUT2D eigenvalue weighted by molar-refractivity contribution is 7.17. The van der Waals surface area contributed by atoms with Crippen molar-refractivity contribution in [3.05, 3.63) is 80.2 Å². The Morgan fingerprint density at radius 3 is 2.50 bits per heavy atom. The average molecular weight is 366 g/mol. The van der Waals surface area contributed by atoms with Crippen molar-refractivity contribution in [2.75, 3.05) is 0 Å². The number of aromatic nitrogens is 2. The number of thiophene rings is 1. The van der Waals surface area contributed by atoms with E-state index in [1.165, 1.54) is 0 Å². The van der Waals surface area contributed by atoms with Crippen molar-refractivity contribution in [1.29, 1.82) is 0 Å². The number of rotatable bonds is 4. The number of hydrogen-bond acceptors (Lipinski definition) is 5. The molecule has 2 heterocycles. The van der Waals surface area contributed by atoms with Crippen LogP contribution in [0.3, 0.4) is 0 Å². The molecule has 6 nitrogen and oxygen atoms in total. The Morgan fingerprint density at radius 1 is 1.00 bits per heavy atom. The van der Waals surface area contributed by atoms with Gasteiger partial charge < -0.3 is 4.74 Å². The summed E-state index contributed by atoms with van der Waals surface area (Å²) in [7, 11) is 0. The molecule has 2 aromatic heterocycles. The molecule has 0 amide bonds. The second-order valence-electron chi connectivity index (χ2n) is 5.80. The maximum absolute atomic E-state index is 12.4. The van der Waals surface area contributed by atoms with E-state index < -0.39 is 17.1 Å². The topological polar surface area (TPSA) is 81.2 Å². The van der Waals surface area contributed by atoms with Gasteiger partial charge in [-0.05, 0) is 29.0 Å². The van der Waals surface area contributed by atoms with E-state index in [0.717, 1.165) is 20.3 Å². The number of fused-ring (bicyclic) bond motifs is 2. The molecule has 130 valence electrons. The molecule has 0 aliphatic heterocycles. The SMILES string of the molecule is O=C(Cn1[nH]c(=O)c2ccccc2c1=O)OCc1csc2ccccc12. The molecule has 1 N–H and O–H groups in total. The summed E-state index contributed by atoms with van der Waals surface area (Å²) in [5, 5.41) is 5.98. The van der Waals surface area contributed by atoms with E-state index in [1.807, 2.05) is 29.6 Å². The molecule has 0 unspecified atom stereocenters. The minimum atomic E-state index is -0.590. The molecule has 0 fully saturated rings. The molecule has 4 aromatic rings. The first-order valence-corrected chi connectivity index (χ1v) is 8.84. The molecule has 0 atom stereocenters. The van der Waals surface area contributed by atoms with Crippen LogP contribution in [-0.2, 0) is 22.7 Å². The Balaban J connectivity index is 1.54. The first-order valence-electron chi connectivity index (χ1n) is 7.96. The first kappa shape index (κ1) is 16.3. The molecule has 0 saturated carbocycles. The Labute approximate surface area is 151 Å². The summed E-state index contributed by atoms with van der Waals surface area (Å²) in [6.45, 7) is -0.226. The number of nitrogens with zero attached hydrogens (tertiary/aromatic N) is 1. The van der Waals surface area contributed by atoms with E-state index in [4.69, 9.17) is 4.74 Å². The molecule has 0 spiro atoms. The number of aromatic amines is 1. The van der Waals surface area contributed by atoms with E-state index in [-0.39, 0.29) is 18.5 Å². The summed E-state index contributed by atoms with van der Waals surface area (Å²) in [5.41, 5.74) is 0.0632. The van der Waals surface area contributed by atoms with Crippen LogP contribution in [0, 0.1) is 0 Å². The van der Waals surface area contributed by atoms with E-state index in [2.05, 4.69) is 5.10 Å². The molecule has 0 aliphatic carbocycles. The molecule has 26 heavy (non-hydrogen) atoms. The van der Waals surface area contributed by atoms with E-state index >= 15 is 0 Å². The van der Waals surface area contributed by atoms with Crippen molar-refractivity contribution in [3.8, 4) is 0 Å². The lowest BCUT2D eigenvalue weighted by atomic mass is 10.2. The largest absolute Gasteiger partial charge is 0.459 e. The molecule has 0 saturated heterocycles. The number of benzene rings is 2. The van der Waals surface area contributed by atoms with Crippen LogP contribution in [-0.4, -0.2) is 15.7 Å². The first-order chi connectivity index (χ1) is 12.6. The highest BCUT2D eigenvalue weighted by Crippen LogP contribution is 2.26. The minimum absolute atomic E-state index is 0.120. The van der Waals surface area contributed by atoms with Crippen molar-refractivity contribution in [2.24, 2.45) is 0 Å². The van der Waals surface area contributed by atoms with Crippen LogP contribution in [0.2, 0.25) is 0 Å². The van der Waals surface area contributed by atoms with Gasteiger partial charge >= 0.3 is 5.97 Å². The van der Waals surface area contributed by atoms with Gasteiger partial charge in [-0.2, -0.15) is 0 Å². The second-order valence-corrected chi connectivity index (χ2v) is 6.71. The van der Waals surface area contributed by atoms with Gasteiger partial charge in [-0.15, -0.1) is 11.3 Å². The molecule has 7 heteroatoms. The maximum Gasteiger partial charge on any atom is 0.328 e. The zero-order valence-corrected chi connectivity index (χ0v) is 14.4. The van der Waals surface area contributed by atoms with Crippen LogP contribution >= 0.6 is 11.3 Å². The van der Waals surface area contributed by atoms with Gasteiger partial charge in [0, 0.05) is 10.3 Å². The van der Waals surface area contributed by atoms with E-state index in [9.17, 15) is 14.4 Å². The van der Waals surface area contributed by atoms with Crippen LogP contribution in [0.15, 0.2) is 63.5 Å². The third-order valence-corrected chi connectivity index (χ3v) is 5.13. The zero-order chi connectivity index (χ0) is 18.1. The summed E-state index contributed by atoms with van der Waals surface area (Å²) in [6.07, 6.45) is 0. The Bertz CT molecular complexity index is 1240. The summed E-state index contributed by atoms with van der Waals surface area (Å²) < 4.78 is 7.40. The van der Waals surface area contributed by atoms with E-state index in [0.29, 0.717) is 5.39 Å². The fourth-order valence-electron chi connectivity index (χ4n) is 2.84. The third kappa shape index (κ3) is 2.93. The monoisotopic (exact) mass is 366 g/mol. The number of hydrogen-bond donors (Lipinski definition) is 1. The molecule has 0 aliphatic rings. The van der Waals surface area contributed by atoms with Gasteiger partial charge in [-0.1, -0.05) is 30.3 Å². The smallest absolute Gasteiger partial charge is 0.328 e. The Morgan fingerprint density at radius 2 is 1.69 bits per heavy atom. The van der Waals surface area contributed by atoms with Gasteiger partial charge in [0.1, 0.15) is 13.2 Å². The van der Waals surface area contributed by atoms with Crippen molar-refractivity contribution < 1.29 is 9.53 Å². The summed E-state index contributed by atoms with van der Waals surface area (Å²) in [4.78, 5) is 36.6. The van der Waals surface area contributed by atoms with Gasteiger partial charge in [-0.3, -0.25) is 19.5 Å². The average Bonchev–Trinajstić information content (AvgIpc) is 3.07. The standard InChI is InChI=1S/C19H14N2O4S/c22-17(25-10-12-11-26-16-8-4-3-5-13(12)16)9-21-19(24)15-7-2-1-6-14(15)18(23)20-21/h1-8,11H,9-10H2,(H,20,23). The Kier molecular flexibility index (Phi) is 4.14. The lowest BCUT2D eigenvalue weighted by Gasteiger charge is -2.07. The highest BCUT2D eigenvalue weighted by atomic mass is 32.1. The molecular formula is C19H14N2O4S. The number of carbonyl (C=O) groups excluding carboxylic acids is 1. The van der Waals surface area contributed by atoms with E-state index in [1.54, 1.807) is 35.6 Å². The van der Waals surface area contributed by atoms with Crippen molar-refractivity contribution in [2.45, 2.75) is 13.2 Å². The van der Waals surface area contributed by atoms with Crippen LogP contribution in [0.25, 0.3) is 20.9 Å². The lowest BCUT2D eigenvalue weighted by Crippen LogP contribution is -2.32. The fraction of sp³-hybridized carbons (Fsp3) is 0.105. The Hall–Kier alpha value is -3.19. The summed E-state index contributed by atoms with van der Waals surface area (Å²) >= 11 is 1.58. The molecule has 2 aromatic carbocycles. The third-order valence-electron chi connectivity index (χ3n) is 4.12. The van der Waals surface area contributed by atoms with Gasteiger partial charge in [0.25, 0.3) is 11.1 Å². The minimum Gasteiger partial charge on any atom is -0.459 e. The van der Waals surface area contributed by atoms with Crippen molar-refractivity contribution in [3.63, 3.8) is 0 Å². The normalized spacial score (nSPS) is 11.1. The predicted octanol–water partition coefficient (Wildman–Crippen LogP) is 2.65. The number of H-pyrrole nitrogens is 1.